The third-order valence-electron chi connectivity index (χ3n) is 16.0. The second kappa shape index (κ2) is 21.1. The number of fused-ring (bicyclic) bond motifs is 7. The number of ether oxygens (including phenoxy) is 1. The molecule has 0 atom stereocenters. The summed E-state index contributed by atoms with van der Waals surface area (Å²) in [5.74, 6) is 1.88. The van der Waals surface area contributed by atoms with Gasteiger partial charge in [-0.1, -0.05) is 96.1 Å². The van der Waals surface area contributed by atoms with Gasteiger partial charge in [0.25, 0.3) is 0 Å². The Hall–Kier alpha value is -8.31. The van der Waals surface area contributed by atoms with Crippen LogP contribution < -0.4 is 14.5 Å². The molecule has 83 heavy (non-hydrogen) atoms. The average molecular weight is 1270 g/mol. The van der Waals surface area contributed by atoms with E-state index in [1.807, 2.05) is 18.3 Å². The summed E-state index contributed by atoms with van der Waals surface area (Å²) < 4.78 is 12.9. The summed E-state index contributed by atoms with van der Waals surface area (Å²) in [5, 5.41) is 0. The summed E-state index contributed by atoms with van der Waals surface area (Å²) in [6.07, 6.45) is 1.95. The molecule has 2 aromatic heterocycles. The van der Waals surface area contributed by atoms with Crippen LogP contribution in [0, 0.1) is 15.9 Å². The van der Waals surface area contributed by atoms with E-state index < -0.39 is 0 Å². The van der Waals surface area contributed by atoms with Crippen molar-refractivity contribution in [3.63, 3.8) is 0 Å². The topological polar surface area (TPSA) is 38.5 Å². The first-order chi connectivity index (χ1) is 39.6. The second-order valence-electron chi connectivity index (χ2n) is 26.0. The fourth-order valence-electron chi connectivity index (χ4n) is 11.3. The van der Waals surface area contributed by atoms with Crippen LogP contribution in [-0.4, -0.2) is 14.1 Å². The Morgan fingerprint density at radius 1 is 0.386 bits per heavy atom. The maximum atomic E-state index is 7.12. The number of imidazole rings is 1. The van der Waals surface area contributed by atoms with E-state index in [0.29, 0.717) is 11.5 Å². The third-order valence-corrected chi connectivity index (χ3v) is 17.0. The summed E-state index contributed by atoms with van der Waals surface area (Å²) in [7, 11) is 0. The van der Waals surface area contributed by atoms with Crippen molar-refractivity contribution in [2.75, 3.05) is 9.80 Å². The number of pyridine rings is 1. The molecular formula is C76H71N5OPt-2. The summed E-state index contributed by atoms with van der Waals surface area (Å²) in [5.41, 5.74) is 20.1. The van der Waals surface area contributed by atoms with Crippen molar-refractivity contribution in [2.45, 2.75) is 105 Å². The summed E-state index contributed by atoms with van der Waals surface area (Å²) in [6, 6.07) is 82.3. The SMILES string of the molecule is CC(C)(C)c1cc(-n2[c](=[Pt])n(-c3[c-]c(Oc4[c-]c5c(cc4)-c4ccccc4N(c4ccccc4)c4ccccc4-c4cc(C(C)(C)C)ccc4N5c4cc(C(C)(C)C)ccn4)ccc3)c3ccc(-c4ccccc4)cc32)cc(C(C)(C)C)c1. The normalized spacial score (nSPS) is 12.8. The first-order valence-electron chi connectivity index (χ1n) is 28.8. The quantitative estimate of drug-likeness (QED) is 0.149. The summed E-state index contributed by atoms with van der Waals surface area (Å²) in [4.78, 5) is 9.98. The van der Waals surface area contributed by atoms with E-state index in [4.69, 9.17) is 9.72 Å². The molecule has 6 nitrogen and oxygen atoms in total. The van der Waals surface area contributed by atoms with Crippen molar-refractivity contribution in [2.24, 2.45) is 0 Å². The number of para-hydroxylation sites is 3. The van der Waals surface area contributed by atoms with Crippen molar-refractivity contribution in [3.8, 4) is 56.3 Å². The standard InChI is InChI=1S/C76H71N5O.Pt/c1-73(2,3)53-35-39-68-65(46-53)63-31-20-22-33-67(63)80(57-26-17-14-18-27-57)66-32-21-19-30-62(66)64-37-36-61(49-70(64)81(68)72-47-54(40-41-77-72)74(4,5)6)82-60-29-23-28-58(48-60)78-50-79(59-44-55(75(7,8)9)43-56(45-59)76(10,11)12)71-42-52(34-38-69(71)78)51-24-15-13-16-25-51;/h13-47H,1-12H3;/q-2;. The van der Waals surface area contributed by atoms with E-state index in [0.717, 1.165) is 88.3 Å². The number of hydrogen-bond donors (Lipinski definition) is 0. The Kier molecular flexibility index (Phi) is 14.1. The molecule has 11 aromatic rings. The number of benzene rings is 9. The summed E-state index contributed by atoms with van der Waals surface area (Å²) >= 11 is 2.51. The molecule has 12 rings (SSSR count). The zero-order valence-electron chi connectivity index (χ0n) is 49.7. The molecule has 0 bridgehead atoms. The van der Waals surface area contributed by atoms with Crippen LogP contribution in [0.1, 0.15) is 105 Å². The van der Waals surface area contributed by atoms with Crippen molar-refractivity contribution >= 4 is 45.3 Å². The van der Waals surface area contributed by atoms with E-state index >= 15 is 0 Å². The predicted molar refractivity (Wildman–Crippen MR) is 342 cm³/mol. The van der Waals surface area contributed by atoms with Gasteiger partial charge in [-0.25, -0.2) is 0 Å². The van der Waals surface area contributed by atoms with Gasteiger partial charge in [-0.3, -0.25) is 0 Å². The van der Waals surface area contributed by atoms with Gasteiger partial charge in [-0.05, 0) is 58.4 Å². The average Bonchev–Trinajstić information content (AvgIpc) is 2.90. The van der Waals surface area contributed by atoms with E-state index in [-0.39, 0.29) is 21.7 Å². The van der Waals surface area contributed by atoms with Crippen LogP contribution in [0.5, 0.6) is 11.5 Å². The molecule has 0 saturated carbocycles. The fourth-order valence-corrected chi connectivity index (χ4v) is 12.4. The van der Waals surface area contributed by atoms with Crippen LogP contribution in [0.2, 0.25) is 0 Å². The Morgan fingerprint density at radius 3 is 1.61 bits per heavy atom. The van der Waals surface area contributed by atoms with E-state index in [1.54, 1.807) is 0 Å². The molecule has 0 aliphatic carbocycles. The molecule has 9 aromatic carbocycles. The number of aromatic nitrogens is 3. The molecule has 1 aliphatic heterocycles. The molecular weight excluding hydrogens is 1190 g/mol. The van der Waals surface area contributed by atoms with Crippen LogP contribution in [0.3, 0.4) is 0 Å². The molecule has 1 aliphatic rings. The van der Waals surface area contributed by atoms with Crippen molar-refractivity contribution < 1.29 is 24.1 Å². The van der Waals surface area contributed by atoms with Gasteiger partial charge in [0.05, 0.1) is 5.69 Å². The van der Waals surface area contributed by atoms with Crippen LogP contribution in [0.15, 0.2) is 212 Å². The molecule has 418 valence electrons. The number of nitrogens with zero attached hydrogens (tertiary/aromatic N) is 5. The Bertz CT molecular complexity index is 4280. The van der Waals surface area contributed by atoms with Gasteiger partial charge in [0.1, 0.15) is 0 Å². The van der Waals surface area contributed by atoms with Crippen LogP contribution >= 0.6 is 0 Å². The van der Waals surface area contributed by atoms with Gasteiger partial charge in [0, 0.05) is 17.4 Å². The minimum atomic E-state index is -0.153. The van der Waals surface area contributed by atoms with Gasteiger partial charge < -0.3 is 4.90 Å². The fraction of sp³-hybridized carbons (Fsp3) is 0.211. The van der Waals surface area contributed by atoms with Crippen LogP contribution in [0.4, 0.5) is 34.3 Å². The van der Waals surface area contributed by atoms with Crippen molar-refractivity contribution in [1.82, 2.24) is 14.1 Å². The minimum absolute atomic E-state index is 0.0692. The van der Waals surface area contributed by atoms with Crippen molar-refractivity contribution in [1.29, 1.82) is 0 Å². The number of hydrogen-bond acceptors (Lipinski definition) is 4. The molecule has 3 heterocycles. The van der Waals surface area contributed by atoms with Gasteiger partial charge in [-0.2, -0.15) is 0 Å². The molecule has 7 heteroatoms. The van der Waals surface area contributed by atoms with E-state index in [9.17, 15) is 0 Å². The Labute approximate surface area is 501 Å². The molecule has 0 fully saturated rings. The van der Waals surface area contributed by atoms with Crippen LogP contribution in [0.25, 0.3) is 55.8 Å². The first-order valence-corrected chi connectivity index (χ1v) is 29.9. The van der Waals surface area contributed by atoms with Crippen LogP contribution in [-0.2, 0) is 41.0 Å². The van der Waals surface area contributed by atoms with Gasteiger partial charge >= 0.3 is 322 Å². The number of anilines is 6. The zero-order chi connectivity index (χ0) is 58.2. The third kappa shape index (κ3) is 10.6. The van der Waals surface area contributed by atoms with E-state index in [1.165, 1.54) is 27.8 Å². The Morgan fingerprint density at radius 2 is 0.964 bits per heavy atom. The monoisotopic (exact) mass is 1260 g/mol. The molecule has 0 unspecified atom stereocenters. The van der Waals surface area contributed by atoms with Gasteiger partial charge in [0.15, 0.2) is 0 Å². The Balaban J connectivity index is 1.07. The van der Waals surface area contributed by atoms with E-state index in [2.05, 4.69) is 328 Å². The van der Waals surface area contributed by atoms with Gasteiger partial charge in [0.2, 0.25) is 0 Å². The molecule has 0 saturated heterocycles. The first kappa shape index (κ1) is 55.2. The van der Waals surface area contributed by atoms with Gasteiger partial charge in [-0.15, -0.1) is 0 Å². The number of rotatable bonds is 7. The predicted octanol–water partition coefficient (Wildman–Crippen LogP) is 20.7. The molecule has 0 spiro atoms. The second-order valence-corrected chi connectivity index (χ2v) is 27.0. The zero-order valence-corrected chi connectivity index (χ0v) is 51.9. The maximum absolute atomic E-state index is 7.12. The molecule has 0 N–H and O–H groups in total. The summed E-state index contributed by atoms with van der Waals surface area (Å²) in [6.45, 7) is 27.4. The molecule has 0 amide bonds. The molecule has 0 radical (unpaired) electrons. The van der Waals surface area contributed by atoms with Crippen molar-refractivity contribution in [3.05, 3.63) is 251 Å².